The van der Waals surface area contributed by atoms with Crippen LogP contribution in [0.3, 0.4) is 0 Å². The summed E-state index contributed by atoms with van der Waals surface area (Å²) in [6.45, 7) is 1.76. The van der Waals surface area contributed by atoms with Crippen LogP contribution in [0.1, 0.15) is 12.8 Å². The second-order valence-electron chi connectivity index (χ2n) is 3.73. The van der Waals surface area contributed by atoms with Gasteiger partial charge in [0.2, 0.25) is 5.28 Å². The van der Waals surface area contributed by atoms with Crippen LogP contribution in [0.25, 0.3) is 0 Å². The predicted molar refractivity (Wildman–Crippen MR) is 64.3 cm³/mol. The van der Waals surface area contributed by atoms with Crippen LogP contribution in [-0.2, 0) is 4.74 Å². The number of aromatic nitrogens is 2. The van der Waals surface area contributed by atoms with E-state index in [0.717, 1.165) is 31.7 Å². The Morgan fingerprint density at radius 1 is 1.38 bits per heavy atom. The number of methoxy groups -OCH3 is 1. The summed E-state index contributed by atoms with van der Waals surface area (Å²) in [5, 5.41) is 0.772. The maximum absolute atomic E-state index is 6.04. The molecular weight excluding hydrogens is 249 g/mol. The molecule has 0 atom stereocenters. The third kappa shape index (κ3) is 2.56. The Morgan fingerprint density at radius 2 is 2.06 bits per heavy atom. The monoisotopic (exact) mass is 261 g/mol. The third-order valence-corrected chi connectivity index (χ3v) is 3.22. The molecule has 1 fully saturated rings. The van der Waals surface area contributed by atoms with Crippen LogP contribution in [0.4, 0.5) is 5.82 Å². The fourth-order valence-corrected chi connectivity index (χ4v) is 2.20. The molecule has 2 rings (SSSR count). The zero-order valence-corrected chi connectivity index (χ0v) is 10.5. The van der Waals surface area contributed by atoms with Crippen molar-refractivity contribution >= 4 is 29.0 Å². The topological polar surface area (TPSA) is 38.2 Å². The Morgan fingerprint density at radius 3 is 2.69 bits per heavy atom. The SMILES string of the molecule is COC1CCN(c2nc(Cl)ncc2Cl)CC1. The van der Waals surface area contributed by atoms with Crippen molar-refractivity contribution < 1.29 is 4.74 Å². The minimum Gasteiger partial charge on any atom is -0.381 e. The lowest BCUT2D eigenvalue weighted by Gasteiger charge is -2.32. The molecule has 2 heterocycles. The molecule has 16 heavy (non-hydrogen) atoms. The number of piperidine rings is 1. The van der Waals surface area contributed by atoms with E-state index in [9.17, 15) is 0 Å². The molecule has 1 saturated heterocycles. The van der Waals surface area contributed by atoms with Crippen molar-refractivity contribution in [1.29, 1.82) is 0 Å². The van der Waals surface area contributed by atoms with E-state index in [1.165, 1.54) is 6.20 Å². The summed E-state index contributed by atoms with van der Waals surface area (Å²) in [6, 6.07) is 0. The average molecular weight is 262 g/mol. The minimum absolute atomic E-state index is 0.230. The highest BCUT2D eigenvalue weighted by Crippen LogP contribution is 2.26. The summed E-state index contributed by atoms with van der Waals surface area (Å²) in [5.41, 5.74) is 0. The first kappa shape index (κ1) is 11.9. The molecule has 4 nitrogen and oxygen atoms in total. The number of rotatable bonds is 2. The number of nitrogens with zero attached hydrogens (tertiary/aromatic N) is 3. The van der Waals surface area contributed by atoms with E-state index in [1.54, 1.807) is 7.11 Å². The van der Waals surface area contributed by atoms with Gasteiger partial charge in [-0.05, 0) is 24.4 Å². The van der Waals surface area contributed by atoms with Gasteiger partial charge in [-0.1, -0.05) is 11.6 Å². The summed E-state index contributed by atoms with van der Waals surface area (Å²) >= 11 is 11.8. The predicted octanol–water partition coefficient (Wildman–Crippen LogP) is 2.40. The first-order chi connectivity index (χ1) is 7.70. The van der Waals surface area contributed by atoms with Crippen LogP contribution in [0.15, 0.2) is 6.20 Å². The maximum atomic E-state index is 6.04. The molecule has 0 aliphatic carbocycles. The Hall–Kier alpha value is -0.580. The van der Waals surface area contributed by atoms with E-state index in [2.05, 4.69) is 14.9 Å². The molecular formula is C10H13Cl2N3O. The highest BCUT2D eigenvalue weighted by Gasteiger charge is 2.21. The lowest BCUT2D eigenvalue weighted by molar-refractivity contribution is 0.0818. The highest BCUT2D eigenvalue weighted by molar-refractivity contribution is 6.33. The molecule has 0 amide bonds. The number of ether oxygens (including phenoxy) is 1. The Balaban J connectivity index is 2.10. The lowest BCUT2D eigenvalue weighted by Crippen LogP contribution is -2.37. The molecule has 0 aromatic carbocycles. The Labute approximate surface area is 105 Å². The van der Waals surface area contributed by atoms with Crippen LogP contribution in [0.2, 0.25) is 10.3 Å². The van der Waals surface area contributed by atoms with Crippen molar-refractivity contribution in [3.8, 4) is 0 Å². The first-order valence-electron chi connectivity index (χ1n) is 5.16. The molecule has 6 heteroatoms. The van der Waals surface area contributed by atoms with Gasteiger partial charge < -0.3 is 9.64 Å². The fraction of sp³-hybridized carbons (Fsp3) is 0.600. The Kier molecular flexibility index (Phi) is 3.84. The summed E-state index contributed by atoms with van der Waals surface area (Å²) in [6.07, 6.45) is 3.84. The van der Waals surface area contributed by atoms with Gasteiger partial charge in [-0.15, -0.1) is 0 Å². The smallest absolute Gasteiger partial charge is 0.224 e. The van der Waals surface area contributed by atoms with Crippen LogP contribution in [0, 0.1) is 0 Å². The van der Waals surface area contributed by atoms with Crippen molar-refractivity contribution in [3.63, 3.8) is 0 Å². The van der Waals surface area contributed by atoms with Gasteiger partial charge in [0.15, 0.2) is 5.82 Å². The number of halogens is 2. The number of hydrogen-bond donors (Lipinski definition) is 0. The van der Waals surface area contributed by atoms with Gasteiger partial charge in [0.1, 0.15) is 5.02 Å². The molecule has 1 aromatic heterocycles. The second kappa shape index (κ2) is 5.17. The summed E-state index contributed by atoms with van der Waals surface area (Å²) in [5.74, 6) is 0.719. The first-order valence-corrected chi connectivity index (χ1v) is 5.92. The van der Waals surface area contributed by atoms with E-state index in [-0.39, 0.29) is 5.28 Å². The molecule has 88 valence electrons. The van der Waals surface area contributed by atoms with Crippen LogP contribution < -0.4 is 4.90 Å². The van der Waals surface area contributed by atoms with Gasteiger partial charge in [0, 0.05) is 20.2 Å². The van der Waals surface area contributed by atoms with E-state index in [4.69, 9.17) is 27.9 Å². The van der Waals surface area contributed by atoms with Crippen molar-refractivity contribution in [2.75, 3.05) is 25.1 Å². The van der Waals surface area contributed by atoms with Gasteiger partial charge >= 0.3 is 0 Å². The normalized spacial score (nSPS) is 17.8. The van der Waals surface area contributed by atoms with Gasteiger partial charge in [-0.2, -0.15) is 4.98 Å². The molecule has 0 spiro atoms. The fourth-order valence-electron chi connectivity index (χ4n) is 1.86. The summed E-state index contributed by atoms with van der Waals surface area (Å²) in [7, 11) is 1.74. The second-order valence-corrected chi connectivity index (χ2v) is 4.48. The van der Waals surface area contributed by atoms with Gasteiger partial charge in [0.05, 0.1) is 12.3 Å². The molecule has 0 radical (unpaired) electrons. The minimum atomic E-state index is 0.230. The van der Waals surface area contributed by atoms with E-state index in [1.807, 2.05) is 0 Å². The quantitative estimate of drug-likeness (QED) is 0.767. The largest absolute Gasteiger partial charge is 0.381 e. The van der Waals surface area contributed by atoms with E-state index >= 15 is 0 Å². The average Bonchev–Trinajstić information content (AvgIpc) is 2.32. The highest BCUT2D eigenvalue weighted by atomic mass is 35.5. The van der Waals surface area contributed by atoms with E-state index < -0.39 is 0 Å². The zero-order chi connectivity index (χ0) is 11.5. The molecule has 0 saturated carbocycles. The van der Waals surface area contributed by atoms with Gasteiger partial charge in [-0.3, -0.25) is 0 Å². The van der Waals surface area contributed by atoms with Crippen molar-refractivity contribution in [2.45, 2.75) is 18.9 Å². The standard InChI is InChI=1S/C10H13Cl2N3O/c1-16-7-2-4-15(5-3-7)9-8(11)6-13-10(12)14-9/h6-7H,2-5H2,1H3. The van der Waals surface area contributed by atoms with Crippen molar-refractivity contribution in [3.05, 3.63) is 16.5 Å². The summed E-state index contributed by atoms with van der Waals surface area (Å²) < 4.78 is 5.31. The van der Waals surface area contributed by atoms with Gasteiger partial charge in [0.25, 0.3) is 0 Å². The molecule has 1 aliphatic heterocycles. The van der Waals surface area contributed by atoms with Crippen LogP contribution in [0.5, 0.6) is 0 Å². The molecule has 0 N–H and O–H groups in total. The van der Waals surface area contributed by atoms with E-state index in [0.29, 0.717) is 11.1 Å². The summed E-state index contributed by atoms with van der Waals surface area (Å²) in [4.78, 5) is 10.1. The zero-order valence-electron chi connectivity index (χ0n) is 8.99. The number of hydrogen-bond acceptors (Lipinski definition) is 4. The third-order valence-electron chi connectivity index (χ3n) is 2.77. The van der Waals surface area contributed by atoms with Crippen molar-refractivity contribution in [2.24, 2.45) is 0 Å². The number of anilines is 1. The molecule has 0 bridgehead atoms. The molecule has 0 unspecified atom stereocenters. The maximum Gasteiger partial charge on any atom is 0.224 e. The Bertz CT molecular complexity index is 367. The molecule has 1 aromatic rings. The molecule has 1 aliphatic rings. The van der Waals surface area contributed by atoms with Crippen LogP contribution in [-0.4, -0.2) is 36.3 Å². The van der Waals surface area contributed by atoms with Crippen molar-refractivity contribution in [1.82, 2.24) is 9.97 Å². The lowest BCUT2D eigenvalue weighted by atomic mass is 10.1. The van der Waals surface area contributed by atoms with Crippen LogP contribution >= 0.6 is 23.2 Å². The van der Waals surface area contributed by atoms with Gasteiger partial charge in [-0.25, -0.2) is 4.98 Å².